The second-order valence-corrected chi connectivity index (χ2v) is 5.89. The Hall–Kier alpha value is -1.36. The number of ether oxygens (including phenoxy) is 1. The topological polar surface area (TPSA) is 30.3 Å². The summed E-state index contributed by atoms with van der Waals surface area (Å²) >= 11 is 5.88. The number of nitrogens with zero attached hydrogens (tertiary/aromatic N) is 3. The summed E-state index contributed by atoms with van der Waals surface area (Å²) in [7, 11) is 0. The zero-order valence-corrected chi connectivity index (χ0v) is 12.7. The van der Waals surface area contributed by atoms with Gasteiger partial charge in [-0.2, -0.15) is 5.10 Å². The van der Waals surface area contributed by atoms with Crippen LogP contribution >= 0.6 is 11.6 Å². The van der Waals surface area contributed by atoms with Crippen LogP contribution in [0.15, 0.2) is 42.7 Å². The molecule has 1 aromatic carbocycles. The van der Waals surface area contributed by atoms with Crippen molar-refractivity contribution in [3.8, 4) is 0 Å². The highest BCUT2D eigenvalue weighted by molar-refractivity contribution is 6.30. The first-order valence-electron chi connectivity index (χ1n) is 7.35. The van der Waals surface area contributed by atoms with Crippen molar-refractivity contribution in [3.63, 3.8) is 0 Å². The molecule has 0 bridgehead atoms. The van der Waals surface area contributed by atoms with Gasteiger partial charge >= 0.3 is 0 Å². The number of aromatic nitrogens is 2. The fourth-order valence-electron chi connectivity index (χ4n) is 2.63. The van der Waals surface area contributed by atoms with E-state index < -0.39 is 0 Å². The number of likely N-dealkylation sites (tertiary alicyclic amines) is 1. The molecule has 112 valence electrons. The molecule has 0 atom stereocenters. The van der Waals surface area contributed by atoms with Gasteiger partial charge in [0.2, 0.25) is 0 Å². The summed E-state index contributed by atoms with van der Waals surface area (Å²) in [5, 5.41) is 4.91. The first kappa shape index (κ1) is 14.6. The lowest BCUT2D eigenvalue weighted by molar-refractivity contribution is -0.00904. The lowest BCUT2D eigenvalue weighted by Crippen LogP contribution is -2.38. The lowest BCUT2D eigenvalue weighted by Gasteiger charge is -2.31. The zero-order valence-electron chi connectivity index (χ0n) is 12.0. The van der Waals surface area contributed by atoms with Crippen molar-refractivity contribution in [2.24, 2.45) is 0 Å². The van der Waals surface area contributed by atoms with Crippen LogP contribution in [0.3, 0.4) is 0 Å². The molecule has 4 nitrogen and oxygen atoms in total. The highest BCUT2D eigenvalue weighted by atomic mass is 35.5. The van der Waals surface area contributed by atoms with Crippen LogP contribution in [0.5, 0.6) is 0 Å². The third-order valence-corrected chi connectivity index (χ3v) is 4.00. The fraction of sp³-hybridized carbons (Fsp3) is 0.438. The molecule has 2 aromatic rings. The molecule has 0 amide bonds. The van der Waals surface area contributed by atoms with Crippen LogP contribution in [0.4, 0.5) is 0 Å². The van der Waals surface area contributed by atoms with Crippen LogP contribution in [-0.2, 0) is 18.0 Å². The molecular formula is C16H20ClN3O. The third-order valence-electron chi connectivity index (χ3n) is 3.81. The Kier molecular flexibility index (Phi) is 4.91. The van der Waals surface area contributed by atoms with Gasteiger partial charge < -0.3 is 4.74 Å². The minimum atomic E-state index is 0.364. The SMILES string of the molecule is Clc1cnn(CN2CCC(OCc3ccccc3)CC2)c1. The van der Waals surface area contributed by atoms with Crippen molar-refractivity contribution >= 4 is 11.6 Å². The maximum atomic E-state index is 6.00. The van der Waals surface area contributed by atoms with Crippen LogP contribution in [-0.4, -0.2) is 33.9 Å². The average Bonchev–Trinajstić information content (AvgIpc) is 2.93. The van der Waals surface area contributed by atoms with E-state index in [-0.39, 0.29) is 0 Å². The minimum absolute atomic E-state index is 0.364. The maximum absolute atomic E-state index is 6.00. The van der Waals surface area contributed by atoms with E-state index in [1.165, 1.54) is 5.56 Å². The molecule has 0 N–H and O–H groups in total. The largest absolute Gasteiger partial charge is 0.373 e. The molecule has 0 aliphatic carbocycles. The molecule has 0 spiro atoms. The lowest BCUT2D eigenvalue weighted by atomic mass is 10.1. The van der Waals surface area contributed by atoms with Crippen molar-refractivity contribution in [1.82, 2.24) is 14.7 Å². The van der Waals surface area contributed by atoms with E-state index in [0.29, 0.717) is 17.7 Å². The van der Waals surface area contributed by atoms with Crippen molar-refractivity contribution in [2.75, 3.05) is 13.1 Å². The van der Waals surface area contributed by atoms with Gasteiger partial charge in [-0.15, -0.1) is 0 Å². The van der Waals surface area contributed by atoms with Gasteiger partial charge in [0.25, 0.3) is 0 Å². The second kappa shape index (κ2) is 7.07. The Morgan fingerprint density at radius 1 is 1.19 bits per heavy atom. The Morgan fingerprint density at radius 2 is 1.95 bits per heavy atom. The van der Waals surface area contributed by atoms with Gasteiger partial charge in [-0.25, -0.2) is 0 Å². The summed E-state index contributed by atoms with van der Waals surface area (Å²) in [6.07, 6.45) is 6.04. The van der Waals surface area contributed by atoms with Gasteiger partial charge in [0, 0.05) is 19.3 Å². The number of piperidine rings is 1. The summed E-state index contributed by atoms with van der Waals surface area (Å²) in [5.74, 6) is 0. The van der Waals surface area contributed by atoms with Gasteiger partial charge in [0.05, 0.1) is 30.6 Å². The summed E-state index contributed by atoms with van der Waals surface area (Å²) < 4.78 is 7.88. The Labute approximate surface area is 130 Å². The van der Waals surface area contributed by atoms with Crippen molar-refractivity contribution in [2.45, 2.75) is 32.2 Å². The molecule has 0 saturated carbocycles. The fourth-order valence-corrected chi connectivity index (χ4v) is 2.78. The molecule has 2 heterocycles. The first-order chi connectivity index (χ1) is 10.3. The van der Waals surface area contributed by atoms with E-state index in [9.17, 15) is 0 Å². The first-order valence-corrected chi connectivity index (χ1v) is 7.73. The van der Waals surface area contributed by atoms with Crippen LogP contribution in [0.2, 0.25) is 5.02 Å². The van der Waals surface area contributed by atoms with Crippen molar-refractivity contribution < 1.29 is 4.74 Å². The molecule has 1 aromatic heterocycles. The summed E-state index contributed by atoms with van der Waals surface area (Å²) in [5.41, 5.74) is 1.24. The Morgan fingerprint density at radius 3 is 2.62 bits per heavy atom. The van der Waals surface area contributed by atoms with Crippen LogP contribution < -0.4 is 0 Å². The number of halogens is 1. The van der Waals surface area contributed by atoms with Gasteiger partial charge in [-0.05, 0) is 18.4 Å². The molecular weight excluding hydrogens is 286 g/mol. The van der Waals surface area contributed by atoms with E-state index in [2.05, 4.69) is 34.3 Å². The van der Waals surface area contributed by atoms with Gasteiger partial charge in [-0.3, -0.25) is 9.58 Å². The number of benzene rings is 1. The third kappa shape index (κ3) is 4.30. The highest BCUT2D eigenvalue weighted by Crippen LogP contribution is 2.16. The molecule has 1 fully saturated rings. The molecule has 21 heavy (non-hydrogen) atoms. The number of hydrogen-bond acceptors (Lipinski definition) is 3. The summed E-state index contributed by atoms with van der Waals surface area (Å²) in [4.78, 5) is 2.38. The smallest absolute Gasteiger partial charge is 0.0929 e. The maximum Gasteiger partial charge on any atom is 0.0929 e. The second-order valence-electron chi connectivity index (χ2n) is 5.45. The molecule has 0 unspecified atom stereocenters. The van der Waals surface area contributed by atoms with Crippen molar-refractivity contribution in [3.05, 3.63) is 53.3 Å². The van der Waals surface area contributed by atoms with E-state index >= 15 is 0 Å². The van der Waals surface area contributed by atoms with Crippen molar-refractivity contribution in [1.29, 1.82) is 0 Å². The average molecular weight is 306 g/mol. The summed E-state index contributed by atoms with van der Waals surface area (Å²) in [6.45, 7) is 3.59. The molecule has 1 saturated heterocycles. The quantitative estimate of drug-likeness (QED) is 0.850. The van der Waals surface area contributed by atoms with E-state index in [1.54, 1.807) is 6.20 Å². The molecule has 1 aliphatic heterocycles. The highest BCUT2D eigenvalue weighted by Gasteiger charge is 2.19. The van der Waals surface area contributed by atoms with Crippen LogP contribution in [0.1, 0.15) is 18.4 Å². The Bertz CT molecular complexity index is 550. The Balaban J connectivity index is 1.40. The van der Waals surface area contributed by atoms with E-state index in [0.717, 1.165) is 32.6 Å². The molecule has 3 rings (SSSR count). The van der Waals surface area contributed by atoms with Gasteiger partial charge in [0.1, 0.15) is 0 Å². The molecule has 0 radical (unpaired) electrons. The normalized spacial score (nSPS) is 17.2. The van der Waals surface area contributed by atoms with E-state index in [4.69, 9.17) is 16.3 Å². The summed E-state index contributed by atoms with van der Waals surface area (Å²) in [6, 6.07) is 10.4. The monoisotopic (exact) mass is 305 g/mol. The zero-order chi connectivity index (χ0) is 14.5. The van der Waals surface area contributed by atoms with Gasteiger partial charge in [0.15, 0.2) is 0 Å². The number of hydrogen-bond donors (Lipinski definition) is 0. The predicted octanol–water partition coefficient (Wildman–Crippen LogP) is 3.18. The molecule has 5 heteroatoms. The molecule has 1 aliphatic rings. The van der Waals surface area contributed by atoms with Gasteiger partial charge in [-0.1, -0.05) is 41.9 Å². The number of rotatable bonds is 5. The minimum Gasteiger partial charge on any atom is -0.373 e. The predicted molar refractivity (Wildman–Crippen MR) is 83.1 cm³/mol. The standard InChI is InChI=1S/C16H20ClN3O/c17-15-10-18-20(11-15)13-19-8-6-16(7-9-19)21-12-14-4-2-1-3-5-14/h1-5,10-11,16H,6-9,12-13H2. The van der Waals surface area contributed by atoms with E-state index in [1.807, 2.05) is 16.9 Å². The van der Waals surface area contributed by atoms with Crippen LogP contribution in [0.25, 0.3) is 0 Å². The van der Waals surface area contributed by atoms with Crippen LogP contribution in [0, 0.1) is 0 Å².